The lowest BCUT2D eigenvalue weighted by Gasteiger charge is -2.10. The van der Waals surface area contributed by atoms with Crippen molar-refractivity contribution in [2.24, 2.45) is 0 Å². The largest absolute Gasteiger partial charge is 0.446 e. The van der Waals surface area contributed by atoms with Crippen LogP contribution in [0, 0.1) is 13.8 Å². The summed E-state index contributed by atoms with van der Waals surface area (Å²) in [5.74, 6) is 1.35. The van der Waals surface area contributed by atoms with Gasteiger partial charge in [-0.2, -0.15) is 0 Å². The van der Waals surface area contributed by atoms with E-state index in [2.05, 4.69) is 9.71 Å². The highest BCUT2D eigenvalue weighted by Gasteiger charge is 2.19. The third kappa shape index (κ3) is 3.12. The van der Waals surface area contributed by atoms with Gasteiger partial charge >= 0.3 is 0 Å². The van der Waals surface area contributed by atoms with Crippen LogP contribution in [0.15, 0.2) is 51.8 Å². The zero-order valence-corrected chi connectivity index (χ0v) is 15.6. The SMILES string of the molecule is Cc1nc(-c2ccc(NS(=O)(=O)c3ccc4c(c3)CCC4)cc2)c(C)o1. The van der Waals surface area contributed by atoms with Gasteiger partial charge in [-0.25, -0.2) is 13.4 Å². The molecule has 1 aliphatic rings. The van der Waals surface area contributed by atoms with Gasteiger partial charge < -0.3 is 4.42 Å². The van der Waals surface area contributed by atoms with Gasteiger partial charge in [0.1, 0.15) is 11.5 Å². The molecule has 0 amide bonds. The van der Waals surface area contributed by atoms with Gasteiger partial charge in [-0.3, -0.25) is 4.72 Å². The number of rotatable bonds is 4. The molecule has 3 aromatic rings. The number of hydrogen-bond donors (Lipinski definition) is 1. The Morgan fingerprint density at radius 1 is 1.00 bits per heavy atom. The summed E-state index contributed by atoms with van der Waals surface area (Å²) >= 11 is 0. The molecular weight excluding hydrogens is 348 g/mol. The smallest absolute Gasteiger partial charge is 0.261 e. The van der Waals surface area contributed by atoms with E-state index in [0.29, 0.717) is 16.5 Å². The predicted octanol–water partition coefficient (Wildman–Crippen LogP) is 4.25. The lowest BCUT2D eigenvalue weighted by molar-refractivity contribution is 0.495. The Bertz CT molecular complexity index is 1070. The van der Waals surface area contributed by atoms with Crippen LogP contribution in [0.3, 0.4) is 0 Å². The zero-order chi connectivity index (χ0) is 18.3. The highest BCUT2D eigenvalue weighted by atomic mass is 32.2. The van der Waals surface area contributed by atoms with E-state index < -0.39 is 10.0 Å². The summed E-state index contributed by atoms with van der Waals surface area (Å²) in [6.45, 7) is 3.66. The van der Waals surface area contributed by atoms with Crippen LogP contribution in [0.4, 0.5) is 5.69 Å². The molecule has 1 aliphatic carbocycles. The van der Waals surface area contributed by atoms with E-state index >= 15 is 0 Å². The number of nitrogens with one attached hydrogen (secondary N) is 1. The molecule has 1 N–H and O–H groups in total. The van der Waals surface area contributed by atoms with Crippen LogP contribution in [-0.2, 0) is 22.9 Å². The maximum Gasteiger partial charge on any atom is 0.261 e. The van der Waals surface area contributed by atoms with E-state index in [1.54, 1.807) is 31.2 Å². The number of hydrogen-bond acceptors (Lipinski definition) is 4. The van der Waals surface area contributed by atoms with E-state index in [1.807, 2.05) is 25.1 Å². The van der Waals surface area contributed by atoms with Crippen molar-refractivity contribution in [1.29, 1.82) is 0 Å². The number of aryl methyl sites for hydroxylation is 4. The first-order valence-corrected chi connectivity index (χ1v) is 10.1. The fourth-order valence-electron chi connectivity index (χ4n) is 3.42. The molecule has 0 atom stereocenters. The fraction of sp³-hybridized carbons (Fsp3) is 0.250. The van der Waals surface area contributed by atoms with Crippen molar-refractivity contribution in [3.8, 4) is 11.3 Å². The summed E-state index contributed by atoms with van der Waals surface area (Å²) in [4.78, 5) is 4.67. The maximum absolute atomic E-state index is 12.7. The number of fused-ring (bicyclic) bond motifs is 1. The molecular formula is C20H20N2O3S. The first kappa shape index (κ1) is 16.8. The van der Waals surface area contributed by atoms with E-state index in [0.717, 1.165) is 41.8 Å². The molecule has 0 bridgehead atoms. The molecule has 6 heteroatoms. The summed E-state index contributed by atoms with van der Waals surface area (Å²) < 4.78 is 33.5. The van der Waals surface area contributed by atoms with Crippen LogP contribution in [-0.4, -0.2) is 13.4 Å². The fourth-order valence-corrected chi connectivity index (χ4v) is 4.53. The van der Waals surface area contributed by atoms with Crippen LogP contribution in [0.5, 0.6) is 0 Å². The van der Waals surface area contributed by atoms with Crippen molar-refractivity contribution < 1.29 is 12.8 Å². The molecule has 0 spiro atoms. The Balaban J connectivity index is 1.57. The molecule has 134 valence electrons. The monoisotopic (exact) mass is 368 g/mol. The highest BCUT2D eigenvalue weighted by Crippen LogP contribution is 2.27. The molecule has 0 fully saturated rings. The second-order valence-corrected chi connectivity index (χ2v) is 8.29. The molecule has 4 rings (SSSR count). The van der Waals surface area contributed by atoms with Crippen LogP contribution in [0.25, 0.3) is 11.3 Å². The lowest BCUT2D eigenvalue weighted by Crippen LogP contribution is -2.13. The standard InChI is InChI=1S/C20H20N2O3S/c1-13-20(21-14(2)25-13)16-6-9-18(10-7-16)22-26(23,24)19-11-8-15-4-3-5-17(15)12-19/h6-12,22H,3-5H2,1-2H3. The Morgan fingerprint density at radius 3 is 2.42 bits per heavy atom. The lowest BCUT2D eigenvalue weighted by atomic mass is 10.1. The summed E-state index contributed by atoms with van der Waals surface area (Å²) in [5.41, 5.74) is 4.58. The number of oxazole rings is 1. The second-order valence-electron chi connectivity index (χ2n) is 6.60. The Morgan fingerprint density at radius 2 is 1.73 bits per heavy atom. The minimum absolute atomic E-state index is 0.310. The summed E-state index contributed by atoms with van der Waals surface area (Å²) in [6, 6.07) is 12.6. The van der Waals surface area contributed by atoms with Crippen molar-refractivity contribution in [3.05, 3.63) is 65.2 Å². The molecule has 0 unspecified atom stereocenters. The third-order valence-corrected chi connectivity index (χ3v) is 6.07. The average molecular weight is 368 g/mol. The van der Waals surface area contributed by atoms with Gasteiger partial charge in [0, 0.05) is 18.2 Å². The molecule has 5 nitrogen and oxygen atoms in total. The van der Waals surface area contributed by atoms with Crippen molar-refractivity contribution in [3.63, 3.8) is 0 Å². The predicted molar refractivity (Wildman–Crippen MR) is 101 cm³/mol. The van der Waals surface area contributed by atoms with E-state index in [9.17, 15) is 8.42 Å². The van der Waals surface area contributed by atoms with E-state index in [-0.39, 0.29) is 0 Å². The molecule has 1 aromatic heterocycles. The van der Waals surface area contributed by atoms with Crippen molar-refractivity contribution in [1.82, 2.24) is 4.98 Å². The Hall–Kier alpha value is -2.60. The van der Waals surface area contributed by atoms with Crippen LogP contribution >= 0.6 is 0 Å². The van der Waals surface area contributed by atoms with Gasteiger partial charge in [-0.1, -0.05) is 18.2 Å². The maximum atomic E-state index is 12.7. The van der Waals surface area contributed by atoms with Gasteiger partial charge in [0.05, 0.1) is 4.90 Å². The normalized spacial score (nSPS) is 13.6. The molecule has 0 radical (unpaired) electrons. The molecule has 1 heterocycles. The number of aromatic nitrogens is 1. The minimum Gasteiger partial charge on any atom is -0.446 e. The first-order chi connectivity index (χ1) is 12.4. The zero-order valence-electron chi connectivity index (χ0n) is 14.7. The third-order valence-electron chi connectivity index (χ3n) is 4.69. The highest BCUT2D eigenvalue weighted by molar-refractivity contribution is 7.92. The minimum atomic E-state index is -3.60. The molecule has 2 aromatic carbocycles. The Kier molecular flexibility index (Phi) is 4.07. The van der Waals surface area contributed by atoms with Gasteiger partial charge in [0.2, 0.25) is 0 Å². The van der Waals surface area contributed by atoms with E-state index in [4.69, 9.17) is 4.42 Å². The number of anilines is 1. The van der Waals surface area contributed by atoms with Crippen LogP contribution < -0.4 is 4.72 Å². The quantitative estimate of drug-likeness (QED) is 0.747. The average Bonchev–Trinajstić information content (AvgIpc) is 3.20. The summed E-state index contributed by atoms with van der Waals surface area (Å²) in [7, 11) is -3.60. The topological polar surface area (TPSA) is 72.2 Å². The second kappa shape index (κ2) is 6.29. The summed E-state index contributed by atoms with van der Waals surface area (Å²) in [5, 5.41) is 0. The Labute approximate surface area is 153 Å². The number of sulfonamides is 1. The van der Waals surface area contributed by atoms with Gasteiger partial charge in [0.15, 0.2) is 5.89 Å². The molecule has 0 aliphatic heterocycles. The van der Waals surface area contributed by atoms with Gasteiger partial charge in [-0.05, 0) is 61.6 Å². The van der Waals surface area contributed by atoms with Gasteiger partial charge in [0.25, 0.3) is 10.0 Å². The first-order valence-electron chi connectivity index (χ1n) is 8.61. The van der Waals surface area contributed by atoms with Gasteiger partial charge in [-0.15, -0.1) is 0 Å². The molecule has 26 heavy (non-hydrogen) atoms. The van der Waals surface area contributed by atoms with Crippen molar-refractivity contribution in [2.45, 2.75) is 38.0 Å². The van der Waals surface area contributed by atoms with Crippen molar-refractivity contribution >= 4 is 15.7 Å². The molecule has 0 saturated heterocycles. The van der Waals surface area contributed by atoms with Crippen LogP contribution in [0.2, 0.25) is 0 Å². The number of benzene rings is 2. The van der Waals surface area contributed by atoms with Crippen LogP contribution in [0.1, 0.15) is 29.2 Å². The summed E-state index contributed by atoms with van der Waals surface area (Å²) in [6.07, 6.45) is 3.07. The number of nitrogens with zero attached hydrogens (tertiary/aromatic N) is 1. The van der Waals surface area contributed by atoms with E-state index in [1.165, 1.54) is 5.56 Å². The molecule has 0 saturated carbocycles. The van der Waals surface area contributed by atoms with Crippen molar-refractivity contribution in [2.75, 3.05) is 4.72 Å².